The molecule has 0 saturated heterocycles. The van der Waals surface area contributed by atoms with Gasteiger partial charge in [-0.15, -0.1) is 10.2 Å². The van der Waals surface area contributed by atoms with E-state index in [-0.39, 0.29) is 0 Å². The van der Waals surface area contributed by atoms with E-state index in [1.54, 1.807) is 7.11 Å². The maximum Gasteiger partial charge on any atom is 0.126 e. The summed E-state index contributed by atoms with van der Waals surface area (Å²) in [4.78, 5) is 0. The van der Waals surface area contributed by atoms with Crippen LogP contribution in [0.1, 0.15) is 11.1 Å². The second-order valence-electron chi connectivity index (χ2n) is 5.27. The van der Waals surface area contributed by atoms with E-state index < -0.39 is 0 Å². The van der Waals surface area contributed by atoms with Gasteiger partial charge in [-0.1, -0.05) is 42.5 Å². The SMILES string of the molecule is COc1ccc(N=Nc2c(C)cccc2C)c2ccccc12. The van der Waals surface area contributed by atoms with Gasteiger partial charge in [0.15, 0.2) is 0 Å². The van der Waals surface area contributed by atoms with E-state index in [0.29, 0.717) is 0 Å². The Bertz CT molecular complexity index is 833. The second-order valence-corrected chi connectivity index (χ2v) is 5.27. The Labute approximate surface area is 130 Å². The van der Waals surface area contributed by atoms with Gasteiger partial charge >= 0.3 is 0 Å². The third-order valence-corrected chi connectivity index (χ3v) is 3.78. The highest BCUT2D eigenvalue weighted by atomic mass is 16.5. The van der Waals surface area contributed by atoms with Crippen LogP contribution in [0.2, 0.25) is 0 Å². The van der Waals surface area contributed by atoms with Gasteiger partial charge in [-0.25, -0.2) is 0 Å². The molecule has 0 heterocycles. The van der Waals surface area contributed by atoms with E-state index in [1.165, 1.54) is 0 Å². The van der Waals surface area contributed by atoms with Crippen LogP contribution < -0.4 is 4.74 Å². The normalized spacial score (nSPS) is 11.2. The maximum absolute atomic E-state index is 5.41. The third-order valence-electron chi connectivity index (χ3n) is 3.78. The van der Waals surface area contributed by atoms with Gasteiger partial charge in [-0.05, 0) is 37.1 Å². The standard InChI is InChI=1S/C19H18N2O/c1-13-7-6-8-14(2)19(13)21-20-17-11-12-18(22-3)16-10-5-4-9-15(16)17/h4-12H,1-3H3. The summed E-state index contributed by atoms with van der Waals surface area (Å²) in [5, 5.41) is 11.0. The number of methoxy groups -OCH3 is 1. The number of benzene rings is 3. The minimum Gasteiger partial charge on any atom is -0.496 e. The molecule has 3 rings (SSSR count). The molecule has 0 N–H and O–H groups in total. The summed E-state index contributed by atoms with van der Waals surface area (Å²) in [7, 11) is 1.68. The molecule has 0 aromatic heterocycles. The summed E-state index contributed by atoms with van der Waals surface area (Å²) >= 11 is 0. The van der Waals surface area contributed by atoms with Crippen LogP contribution in [-0.2, 0) is 0 Å². The van der Waals surface area contributed by atoms with Gasteiger partial charge in [0, 0.05) is 10.8 Å². The number of aryl methyl sites for hydroxylation is 2. The van der Waals surface area contributed by atoms with Crippen LogP contribution in [0.3, 0.4) is 0 Å². The first-order chi connectivity index (χ1) is 10.7. The van der Waals surface area contributed by atoms with E-state index in [9.17, 15) is 0 Å². The zero-order valence-electron chi connectivity index (χ0n) is 13.0. The molecular weight excluding hydrogens is 272 g/mol. The summed E-state index contributed by atoms with van der Waals surface area (Å²) < 4.78 is 5.41. The van der Waals surface area contributed by atoms with E-state index >= 15 is 0 Å². The molecule has 22 heavy (non-hydrogen) atoms. The molecule has 3 aromatic carbocycles. The van der Waals surface area contributed by atoms with Crippen molar-refractivity contribution in [1.29, 1.82) is 0 Å². The fourth-order valence-electron chi connectivity index (χ4n) is 2.59. The van der Waals surface area contributed by atoms with E-state index in [2.05, 4.69) is 10.2 Å². The highest BCUT2D eigenvalue weighted by Crippen LogP contribution is 2.34. The number of rotatable bonds is 3. The van der Waals surface area contributed by atoms with Crippen molar-refractivity contribution in [3.63, 3.8) is 0 Å². The molecule has 0 bridgehead atoms. The van der Waals surface area contributed by atoms with Crippen LogP contribution in [0, 0.1) is 13.8 Å². The van der Waals surface area contributed by atoms with Gasteiger partial charge in [-0.2, -0.15) is 0 Å². The van der Waals surface area contributed by atoms with Crippen molar-refractivity contribution in [3.8, 4) is 5.75 Å². The molecule has 0 unspecified atom stereocenters. The van der Waals surface area contributed by atoms with Crippen LogP contribution in [-0.4, -0.2) is 7.11 Å². The number of ether oxygens (including phenoxy) is 1. The summed E-state index contributed by atoms with van der Waals surface area (Å²) in [6.45, 7) is 4.10. The summed E-state index contributed by atoms with van der Waals surface area (Å²) in [5.74, 6) is 0.849. The number of nitrogens with zero attached hydrogens (tertiary/aromatic N) is 2. The Hall–Kier alpha value is -2.68. The van der Waals surface area contributed by atoms with E-state index in [1.807, 2.05) is 68.4 Å². The number of fused-ring (bicyclic) bond motifs is 1. The number of hydrogen-bond donors (Lipinski definition) is 0. The van der Waals surface area contributed by atoms with Crippen molar-refractivity contribution in [2.24, 2.45) is 10.2 Å². The fraction of sp³-hybridized carbons (Fsp3) is 0.158. The summed E-state index contributed by atoms with van der Waals surface area (Å²) in [6.07, 6.45) is 0. The van der Waals surface area contributed by atoms with Gasteiger partial charge in [0.25, 0.3) is 0 Å². The predicted molar refractivity (Wildman–Crippen MR) is 90.6 cm³/mol. The predicted octanol–water partition coefficient (Wildman–Crippen LogP) is 5.88. The minimum absolute atomic E-state index is 0.846. The van der Waals surface area contributed by atoms with Crippen molar-refractivity contribution >= 4 is 22.1 Å². The summed E-state index contributed by atoms with van der Waals surface area (Å²) in [5.41, 5.74) is 4.03. The van der Waals surface area contributed by atoms with Gasteiger partial charge in [0.1, 0.15) is 5.75 Å². The van der Waals surface area contributed by atoms with Crippen LogP contribution in [0.5, 0.6) is 5.75 Å². The van der Waals surface area contributed by atoms with Crippen LogP contribution in [0.15, 0.2) is 64.8 Å². The number of azo groups is 1. The van der Waals surface area contributed by atoms with Crippen LogP contribution in [0.4, 0.5) is 11.4 Å². The van der Waals surface area contributed by atoms with Crippen molar-refractivity contribution < 1.29 is 4.74 Å². The maximum atomic E-state index is 5.41. The van der Waals surface area contributed by atoms with Gasteiger partial charge in [0.05, 0.1) is 18.5 Å². The Balaban J connectivity index is 2.10. The minimum atomic E-state index is 0.846. The molecule has 0 fully saturated rings. The molecule has 0 aliphatic carbocycles. The molecule has 0 aliphatic rings. The lowest BCUT2D eigenvalue weighted by Crippen LogP contribution is -1.84. The highest BCUT2D eigenvalue weighted by molar-refractivity contribution is 5.96. The number of hydrogen-bond acceptors (Lipinski definition) is 3. The highest BCUT2D eigenvalue weighted by Gasteiger charge is 2.06. The Morgan fingerprint density at radius 3 is 2.09 bits per heavy atom. The molecule has 110 valence electrons. The van der Waals surface area contributed by atoms with Gasteiger partial charge in [0.2, 0.25) is 0 Å². The largest absolute Gasteiger partial charge is 0.496 e. The van der Waals surface area contributed by atoms with Crippen LogP contribution >= 0.6 is 0 Å². The fourth-order valence-corrected chi connectivity index (χ4v) is 2.59. The van der Waals surface area contributed by atoms with E-state index in [4.69, 9.17) is 4.74 Å². The lowest BCUT2D eigenvalue weighted by atomic mass is 10.1. The second kappa shape index (κ2) is 5.98. The average molecular weight is 290 g/mol. The van der Waals surface area contributed by atoms with Crippen molar-refractivity contribution in [2.75, 3.05) is 7.11 Å². The molecule has 3 heteroatoms. The smallest absolute Gasteiger partial charge is 0.126 e. The molecule has 3 nitrogen and oxygen atoms in total. The first-order valence-corrected chi connectivity index (χ1v) is 7.24. The van der Waals surface area contributed by atoms with Crippen molar-refractivity contribution in [1.82, 2.24) is 0 Å². The molecular formula is C19H18N2O. The topological polar surface area (TPSA) is 34.0 Å². The van der Waals surface area contributed by atoms with Crippen LogP contribution in [0.25, 0.3) is 10.8 Å². The molecule has 0 amide bonds. The lowest BCUT2D eigenvalue weighted by Gasteiger charge is -2.07. The summed E-state index contributed by atoms with van der Waals surface area (Å²) in [6, 6.07) is 18.1. The van der Waals surface area contributed by atoms with Crippen molar-refractivity contribution in [3.05, 3.63) is 65.7 Å². The van der Waals surface area contributed by atoms with E-state index in [0.717, 1.165) is 39.0 Å². The first kappa shape index (κ1) is 14.3. The van der Waals surface area contributed by atoms with Crippen molar-refractivity contribution in [2.45, 2.75) is 13.8 Å². The average Bonchev–Trinajstić information content (AvgIpc) is 2.54. The molecule has 3 aromatic rings. The zero-order valence-corrected chi connectivity index (χ0v) is 13.0. The molecule has 0 radical (unpaired) electrons. The molecule has 0 saturated carbocycles. The third kappa shape index (κ3) is 2.58. The molecule has 0 aliphatic heterocycles. The zero-order chi connectivity index (χ0) is 15.5. The Morgan fingerprint density at radius 2 is 1.41 bits per heavy atom. The monoisotopic (exact) mass is 290 g/mol. The Kier molecular flexibility index (Phi) is 3.88. The van der Waals surface area contributed by atoms with Gasteiger partial charge < -0.3 is 4.74 Å². The first-order valence-electron chi connectivity index (χ1n) is 7.24. The lowest BCUT2D eigenvalue weighted by molar-refractivity contribution is 0.420. The van der Waals surface area contributed by atoms with Gasteiger partial charge in [-0.3, -0.25) is 0 Å². The quantitative estimate of drug-likeness (QED) is 0.554. The molecule has 0 atom stereocenters. The molecule has 0 spiro atoms. The Morgan fingerprint density at radius 1 is 0.727 bits per heavy atom.